The number of ether oxygens (including phenoxy) is 1. The lowest BCUT2D eigenvalue weighted by molar-refractivity contribution is 0.0496. The van der Waals surface area contributed by atoms with Crippen LogP contribution in [0.2, 0.25) is 0 Å². The van der Waals surface area contributed by atoms with Crippen molar-refractivity contribution in [1.82, 2.24) is 0 Å². The van der Waals surface area contributed by atoms with E-state index in [2.05, 4.69) is 0 Å². The van der Waals surface area contributed by atoms with Crippen molar-refractivity contribution in [3.05, 3.63) is 35.4 Å². The standard InChI is InChI=1S/C18H26O5/c19-13-7-5-3-1-2-4-6-8-14-23-18(22)16-11-9-15(10-12-16)17(20)21/h9-12,19H,1-8,13-14H2,(H,20,21). The number of carbonyl (C=O) groups is 2. The summed E-state index contributed by atoms with van der Waals surface area (Å²) < 4.78 is 5.17. The van der Waals surface area contributed by atoms with Crippen LogP contribution in [0, 0.1) is 0 Å². The highest BCUT2D eigenvalue weighted by Crippen LogP contribution is 2.10. The number of rotatable bonds is 12. The third-order valence-corrected chi connectivity index (χ3v) is 3.65. The molecule has 23 heavy (non-hydrogen) atoms. The van der Waals surface area contributed by atoms with Crippen LogP contribution >= 0.6 is 0 Å². The average molecular weight is 322 g/mol. The van der Waals surface area contributed by atoms with Gasteiger partial charge < -0.3 is 14.9 Å². The molecule has 0 saturated carbocycles. The molecule has 0 aliphatic carbocycles. The molecule has 0 aliphatic heterocycles. The topological polar surface area (TPSA) is 83.8 Å². The quantitative estimate of drug-likeness (QED) is 0.453. The minimum absolute atomic E-state index is 0.153. The molecule has 0 amide bonds. The molecule has 0 fully saturated rings. The number of carboxylic acid groups (broad SMARTS) is 1. The molecular formula is C18H26O5. The zero-order valence-electron chi connectivity index (χ0n) is 13.5. The summed E-state index contributed by atoms with van der Waals surface area (Å²) in [5.41, 5.74) is 0.527. The number of carboxylic acids is 1. The number of carbonyl (C=O) groups excluding carboxylic acids is 1. The highest BCUT2D eigenvalue weighted by molar-refractivity contribution is 5.92. The Labute approximate surface area is 137 Å². The molecule has 2 N–H and O–H groups in total. The number of unbranched alkanes of at least 4 members (excludes halogenated alkanes) is 7. The van der Waals surface area contributed by atoms with E-state index < -0.39 is 11.9 Å². The van der Waals surface area contributed by atoms with Gasteiger partial charge in [0.2, 0.25) is 0 Å². The zero-order valence-corrected chi connectivity index (χ0v) is 13.5. The minimum Gasteiger partial charge on any atom is -0.478 e. The maximum Gasteiger partial charge on any atom is 0.338 e. The Hall–Kier alpha value is -1.88. The van der Waals surface area contributed by atoms with Crippen molar-refractivity contribution in [2.45, 2.75) is 51.4 Å². The minimum atomic E-state index is -1.01. The average Bonchev–Trinajstić information content (AvgIpc) is 2.56. The van der Waals surface area contributed by atoms with Gasteiger partial charge in [0.1, 0.15) is 0 Å². The molecule has 0 bridgehead atoms. The molecule has 0 saturated heterocycles. The second-order valence-corrected chi connectivity index (χ2v) is 5.57. The van der Waals surface area contributed by atoms with Crippen LogP contribution in [0.1, 0.15) is 72.1 Å². The van der Waals surface area contributed by atoms with Gasteiger partial charge in [0, 0.05) is 6.61 Å². The van der Waals surface area contributed by atoms with Gasteiger partial charge in [0.25, 0.3) is 0 Å². The second kappa shape index (κ2) is 11.7. The Kier molecular flexibility index (Phi) is 9.71. The number of benzene rings is 1. The van der Waals surface area contributed by atoms with Crippen LogP contribution in [0.3, 0.4) is 0 Å². The first-order valence-electron chi connectivity index (χ1n) is 8.26. The van der Waals surface area contributed by atoms with Gasteiger partial charge in [-0.25, -0.2) is 9.59 Å². The summed E-state index contributed by atoms with van der Waals surface area (Å²) in [4.78, 5) is 22.5. The van der Waals surface area contributed by atoms with Gasteiger partial charge in [-0.3, -0.25) is 0 Å². The summed E-state index contributed by atoms with van der Waals surface area (Å²) in [7, 11) is 0. The Morgan fingerprint density at radius 3 is 1.78 bits per heavy atom. The third-order valence-electron chi connectivity index (χ3n) is 3.65. The summed E-state index contributed by atoms with van der Waals surface area (Å²) in [6.45, 7) is 0.675. The summed E-state index contributed by atoms with van der Waals surface area (Å²) in [5, 5.41) is 17.5. The van der Waals surface area contributed by atoms with Gasteiger partial charge >= 0.3 is 11.9 Å². The maximum atomic E-state index is 11.8. The van der Waals surface area contributed by atoms with Crippen LogP contribution in [0.15, 0.2) is 24.3 Å². The van der Waals surface area contributed by atoms with E-state index in [1.165, 1.54) is 43.5 Å². The molecule has 5 heteroatoms. The Bertz CT molecular complexity index is 467. The third kappa shape index (κ3) is 8.35. The lowest BCUT2D eigenvalue weighted by Gasteiger charge is -2.05. The number of esters is 1. The van der Waals surface area contributed by atoms with Crippen molar-refractivity contribution in [3.63, 3.8) is 0 Å². The van der Waals surface area contributed by atoms with Crippen molar-refractivity contribution in [1.29, 1.82) is 0 Å². The predicted octanol–water partition coefficient (Wildman–Crippen LogP) is 3.65. The number of aromatic carboxylic acids is 1. The molecule has 0 spiro atoms. The molecule has 1 aromatic rings. The monoisotopic (exact) mass is 322 g/mol. The molecule has 0 aliphatic rings. The van der Waals surface area contributed by atoms with Crippen molar-refractivity contribution in [2.24, 2.45) is 0 Å². The first-order chi connectivity index (χ1) is 11.1. The molecule has 1 aromatic carbocycles. The number of hydrogen-bond acceptors (Lipinski definition) is 4. The zero-order chi connectivity index (χ0) is 16.9. The van der Waals surface area contributed by atoms with E-state index in [-0.39, 0.29) is 12.2 Å². The highest BCUT2D eigenvalue weighted by Gasteiger charge is 2.08. The van der Waals surface area contributed by atoms with Crippen molar-refractivity contribution in [2.75, 3.05) is 13.2 Å². The van der Waals surface area contributed by atoms with Gasteiger partial charge in [0.05, 0.1) is 17.7 Å². The Morgan fingerprint density at radius 1 is 0.783 bits per heavy atom. The first-order valence-corrected chi connectivity index (χ1v) is 8.26. The summed E-state index contributed by atoms with van der Waals surface area (Å²) in [6, 6.07) is 5.74. The summed E-state index contributed by atoms with van der Waals surface area (Å²) >= 11 is 0. The van der Waals surface area contributed by atoms with Crippen LogP contribution in [-0.4, -0.2) is 35.4 Å². The molecule has 0 atom stereocenters. The SMILES string of the molecule is O=C(O)c1ccc(C(=O)OCCCCCCCCCCO)cc1. The number of hydrogen-bond donors (Lipinski definition) is 2. The second-order valence-electron chi connectivity index (χ2n) is 5.57. The smallest absolute Gasteiger partial charge is 0.338 e. The molecule has 1 rings (SSSR count). The van der Waals surface area contributed by atoms with Crippen molar-refractivity contribution >= 4 is 11.9 Å². The lowest BCUT2D eigenvalue weighted by atomic mass is 10.1. The predicted molar refractivity (Wildman–Crippen MR) is 87.7 cm³/mol. The fraction of sp³-hybridized carbons (Fsp3) is 0.556. The van der Waals surface area contributed by atoms with E-state index in [0.717, 1.165) is 32.1 Å². The van der Waals surface area contributed by atoms with E-state index in [4.69, 9.17) is 14.9 Å². The maximum absolute atomic E-state index is 11.8. The van der Waals surface area contributed by atoms with Crippen molar-refractivity contribution < 1.29 is 24.5 Å². The van der Waals surface area contributed by atoms with Crippen LogP contribution in [0.5, 0.6) is 0 Å². The van der Waals surface area contributed by atoms with E-state index in [0.29, 0.717) is 12.2 Å². The van der Waals surface area contributed by atoms with E-state index >= 15 is 0 Å². The lowest BCUT2D eigenvalue weighted by Crippen LogP contribution is -2.07. The van der Waals surface area contributed by atoms with Gasteiger partial charge in [-0.15, -0.1) is 0 Å². The number of aliphatic hydroxyl groups is 1. The van der Waals surface area contributed by atoms with Crippen LogP contribution in [-0.2, 0) is 4.74 Å². The van der Waals surface area contributed by atoms with E-state index in [9.17, 15) is 9.59 Å². The Balaban J connectivity index is 2.07. The van der Waals surface area contributed by atoms with Crippen LogP contribution < -0.4 is 0 Å². The summed E-state index contributed by atoms with van der Waals surface area (Å²) in [5.74, 6) is -1.42. The molecule has 0 heterocycles. The van der Waals surface area contributed by atoms with Gasteiger partial charge in [-0.2, -0.15) is 0 Å². The molecular weight excluding hydrogens is 296 g/mol. The normalized spacial score (nSPS) is 10.5. The molecule has 128 valence electrons. The van der Waals surface area contributed by atoms with Gasteiger partial charge in [-0.05, 0) is 37.1 Å². The van der Waals surface area contributed by atoms with Gasteiger partial charge in [0.15, 0.2) is 0 Å². The number of aliphatic hydroxyl groups excluding tert-OH is 1. The molecule has 5 nitrogen and oxygen atoms in total. The fourth-order valence-electron chi connectivity index (χ4n) is 2.27. The fourth-order valence-corrected chi connectivity index (χ4v) is 2.27. The van der Waals surface area contributed by atoms with Crippen LogP contribution in [0.25, 0.3) is 0 Å². The van der Waals surface area contributed by atoms with E-state index in [1.807, 2.05) is 0 Å². The molecule has 0 radical (unpaired) electrons. The van der Waals surface area contributed by atoms with E-state index in [1.54, 1.807) is 0 Å². The van der Waals surface area contributed by atoms with Gasteiger partial charge in [-0.1, -0.05) is 38.5 Å². The highest BCUT2D eigenvalue weighted by atomic mass is 16.5. The summed E-state index contributed by atoms with van der Waals surface area (Å²) in [6.07, 6.45) is 8.52. The largest absolute Gasteiger partial charge is 0.478 e. The van der Waals surface area contributed by atoms with Crippen LogP contribution in [0.4, 0.5) is 0 Å². The first kappa shape index (κ1) is 19.2. The molecule has 0 aromatic heterocycles. The Morgan fingerprint density at radius 2 is 1.26 bits per heavy atom. The molecule has 0 unspecified atom stereocenters. The van der Waals surface area contributed by atoms with Crippen molar-refractivity contribution in [3.8, 4) is 0 Å².